The van der Waals surface area contributed by atoms with Gasteiger partial charge in [-0.05, 0) is 42.8 Å². The van der Waals surface area contributed by atoms with Gasteiger partial charge in [-0.2, -0.15) is 0 Å². The van der Waals surface area contributed by atoms with Crippen molar-refractivity contribution in [3.63, 3.8) is 0 Å². The van der Waals surface area contributed by atoms with Gasteiger partial charge >= 0.3 is 5.97 Å². The minimum absolute atomic E-state index is 0.0341. The zero-order chi connectivity index (χ0) is 15.4. The number of aryl methyl sites for hydroxylation is 1. The average Bonchev–Trinajstić information content (AvgIpc) is 2.47. The first-order chi connectivity index (χ1) is 10.0. The highest BCUT2D eigenvalue weighted by Gasteiger charge is 2.10. The fraction of sp³-hybridized carbons (Fsp3) is 0.133. The number of ether oxygens (including phenoxy) is 1. The molecule has 2 aromatic rings. The highest BCUT2D eigenvalue weighted by atomic mass is 16.5. The quantitative estimate of drug-likeness (QED) is 0.900. The van der Waals surface area contributed by atoms with Gasteiger partial charge in [0.05, 0.1) is 12.7 Å². The maximum atomic E-state index is 12.0. The van der Waals surface area contributed by atoms with Crippen LogP contribution >= 0.6 is 0 Å². The van der Waals surface area contributed by atoms with Crippen molar-refractivity contribution in [2.45, 2.75) is 6.92 Å². The molecule has 0 aliphatic rings. The SMILES string of the molecule is COc1ccc(NC(=O)c2ccc(C(=O)O)cn2)cc1C. The lowest BCUT2D eigenvalue weighted by atomic mass is 10.2. The van der Waals surface area contributed by atoms with Crippen LogP contribution in [0.2, 0.25) is 0 Å². The van der Waals surface area contributed by atoms with Crippen LogP contribution in [0.3, 0.4) is 0 Å². The largest absolute Gasteiger partial charge is 0.496 e. The van der Waals surface area contributed by atoms with Gasteiger partial charge in [0.15, 0.2) is 0 Å². The minimum atomic E-state index is -1.08. The van der Waals surface area contributed by atoms with Crippen LogP contribution in [0.1, 0.15) is 26.4 Å². The maximum Gasteiger partial charge on any atom is 0.337 e. The topological polar surface area (TPSA) is 88.5 Å². The molecule has 0 atom stereocenters. The molecule has 1 amide bonds. The Bertz CT molecular complexity index is 681. The van der Waals surface area contributed by atoms with E-state index in [4.69, 9.17) is 9.84 Å². The van der Waals surface area contributed by atoms with E-state index >= 15 is 0 Å². The number of rotatable bonds is 4. The summed E-state index contributed by atoms with van der Waals surface area (Å²) in [6, 6.07) is 7.96. The number of aromatic carboxylic acids is 1. The number of amides is 1. The smallest absolute Gasteiger partial charge is 0.337 e. The number of pyridine rings is 1. The van der Waals surface area contributed by atoms with Gasteiger partial charge in [0.25, 0.3) is 5.91 Å². The fourth-order valence-corrected chi connectivity index (χ4v) is 1.81. The highest BCUT2D eigenvalue weighted by molar-refractivity contribution is 6.03. The van der Waals surface area contributed by atoms with E-state index in [1.165, 1.54) is 12.1 Å². The van der Waals surface area contributed by atoms with Gasteiger partial charge in [-0.15, -0.1) is 0 Å². The van der Waals surface area contributed by atoms with Gasteiger partial charge < -0.3 is 15.2 Å². The predicted molar refractivity (Wildman–Crippen MR) is 76.9 cm³/mol. The van der Waals surface area contributed by atoms with Crippen molar-refractivity contribution in [3.8, 4) is 5.75 Å². The van der Waals surface area contributed by atoms with Crippen LogP contribution < -0.4 is 10.1 Å². The Morgan fingerprint density at radius 2 is 2.00 bits per heavy atom. The first kappa shape index (κ1) is 14.5. The summed E-state index contributed by atoms with van der Waals surface area (Å²) in [5.41, 5.74) is 1.69. The third-order valence-corrected chi connectivity index (χ3v) is 2.90. The van der Waals surface area contributed by atoms with Crippen LogP contribution in [0.4, 0.5) is 5.69 Å². The zero-order valence-corrected chi connectivity index (χ0v) is 11.6. The van der Waals surface area contributed by atoms with E-state index in [1.54, 1.807) is 25.3 Å². The number of hydrogen-bond donors (Lipinski definition) is 2. The molecule has 108 valence electrons. The van der Waals surface area contributed by atoms with Gasteiger partial charge in [0.2, 0.25) is 0 Å². The number of nitrogens with zero attached hydrogens (tertiary/aromatic N) is 1. The van der Waals surface area contributed by atoms with Crippen molar-refractivity contribution in [3.05, 3.63) is 53.3 Å². The Morgan fingerprint density at radius 3 is 2.52 bits per heavy atom. The Morgan fingerprint density at radius 1 is 1.24 bits per heavy atom. The van der Waals surface area contributed by atoms with E-state index in [1.807, 2.05) is 6.92 Å². The minimum Gasteiger partial charge on any atom is -0.496 e. The van der Waals surface area contributed by atoms with Crippen LogP contribution in [0.25, 0.3) is 0 Å². The lowest BCUT2D eigenvalue weighted by Gasteiger charge is -2.08. The van der Waals surface area contributed by atoms with Crippen molar-refractivity contribution in [1.82, 2.24) is 4.98 Å². The Kier molecular flexibility index (Phi) is 4.18. The van der Waals surface area contributed by atoms with Crippen LogP contribution in [0.5, 0.6) is 5.75 Å². The number of carbonyl (C=O) groups excluding carboxylic acids is 1. The molecule has 0 saturated heterocycles. The van der Waals surface area contributed by atoms with E-state index in [2.05, 4.69) is 10.3 Å². The predicted octanol–water partition coefficient (Wildman–Crippen LogP) is 2.35. The number of nitrogens with one attached hydrogen (secondary N) is 1. The number of anilines is 1. The third-order valence-electron chi connectivity index (χ3n) is 2.90. The summed E-state index contributed by atoms with van der Waals surface area (Å²) in [7, 11) is 1.58. The van der Waals surface area contributed by atoms with Crippen molar-refractivity contribution >= 4 is 17.6 Å². The standard InChI is InChI=1S/C15H14N2O4/c1-9-7-11(4-6-13(9)21-2)17-14(18)12-5-3-10(8-16-12)15(19)20/h3-8H,1-2H3,(H,17,18)(H,19,20). The summed E-state index contributed by atoms with van der Waals surface area (Å²) in [5.74, 6) is -0.756. The lowest BCUT2D eigenvalue weighted by molar-refractivity contribution is 0.0696. The summed E-state index contributed by atoms with van der Waals surface area (Å²) < 4.78 is 5.14. The molecule has 0 spiro atoms. The normalized spacial score (nSPS) is 10.0. The number of hydrogen-bond acceptors (Lipinski definition) is 4. The number of carboxylic acids is 1. The second-order valence-corrected chi connectivity index (χ2v) is 4.38. The number of methoxy groups -OCH3 is 1. The van der Waals surface area contributed by atoms with Crippen LogP contribution in [-0.4, -0.2) is 29.1 Å². The molecule has 2 N–H and O–H groups in total. The first-order valence-electron chi connectivity index (χ1n) is 6.16. The van der Waals surface area contributed by atoms with Gasteiger partial charge in [-0.25, -0.2) is 4.79 Å². The second-order valence-electron chi connectivity index (χ2n) is 4.38. The molecule has 0 aliphatic carbocycles. The molecule has 6 nitrogen and oxygen atoms in total. The number of carboxylic acid groups (broad SMARTS) is 1. The molecular formula is C15H14N2O4. The van der Waals surface area contributed by atoms with Crippen molar-refractivity contribution in [1.29, 1.82) is 0 Å². The van der Waals surface area contributed by atoms with E-state index in [9.17, 15) is 9.59 Å². The van der Waals surface area contributed by atoms with Crippen LogP contribution in [0.15, 0.2) is 36.5 Å². The molecule has 1 heterocycles. The molecule has 0 bridgehead atoms. The first-order valence-corrected chi connectivity index (χ1v) is 6.16. The molecule has 21 heavy (non-hydrogen) atoms. The molecule has 0 saturated carbocycles. The molecule has 0 radical (unpaired) electrons. The highest BCUT2D eigenvalue weighted by Crippen LogP contribution is 2.21. The Hall–Kier alpha value is -2.89. The summed E-state index contributed by atoms with van der Waals surface area (Å²) in [5, 5.41) is 11.5. The molecule has 0 fully saturated rings. The molecule has 6 heteroatoms. The van der Waals surface area contributed by atoms with Crippen LogP contribution in [-0.2, 0) is 0 Å². The zero-order valence-electron chi connectivity index (χ0n) is 11.6. The molecular weight excluding hydrogens is 272 g/mol. The third kappa shape index (κ3) is 3.36. The number of carbonyl (C=O) groups is 2. The number of benzene rings is 1. The number of aromatic nitrogens is 1. The van der Waals surface area contributed by atoms with Gasteiger partial charge in [0.1, 0.15) is 11.4 Å². The summed E-state index contributed by atoms with van der Waals surface area (Å²) in [4.78, 5) is 26.6. The van der Waals surface area contributed by atoms with Gasteiger partial charge in [0, 0.05) is 11.9 Å². The average molecular weight is 286 g/mol. The molecule has 0 unspecified atom stereocenters. The van der Waals surface area contributed by atoms with Crippen molar-refractivity contribution in [2.75, 3.05) is 12.4 Å². The lowest BCUT2D eigenvalue weighted by Crippen LogP contribution is -2.14. The van der Waals surface area contributed by atoms with E-state index in [0.29, 0.717) is 5.69 Å². The summed E-state index contributed by atoms with van der Waals surface area (Å²) >= 11 is 0. The van der Waals surface area contributed by atoms with Crippen molar-refractivity contribution in [2.24, 2.45) is 0 Å². The Balaban J connectivity index is 2.14. The Labute approximate surface area is 121 Å². The van der Waals surface area contributed by atoms with Gasteiger partial charge in [-0.1, -0.05) is 0 Å². The summed E-state index contributed by atoms with van der Waals surface area (Å²) in [6.45, 7) is 1.87. The maximum absolute atomic E-state index is 12.0. The molecule has 0 aliphatic heterocycles. The molecule has 2 rings (SSSR count). The fourth-order valence-electron chi connectivity index (χ4n) is 1.81. The second kappa shape index (κ2) is 6.04. The van der Waals surface area contributed by atoms with E-state index in [0.717, 1.165) is 17.5 Å². The molecule has 1 aromatic heterocycles. The van der Waals surface area contributed by atoms with Crippen molar-refractivity contribution < 1.29 is 19.4 Å². The van der Waals surface area contributed by atoms with Crippen LogP contribution in [0, 0.1) is 6.92 Å². The van der Waals surface area contributed by atoms with Gasteiger partial charge in [-0.3, -0.25) is 9.78 Å². The summed E-state index contributed by atoms with van der Waals surface area (Å²) in [6.07, 6.45) is 1.15. The van der Waals surface area contributed by atoms with E-state index < -0.39 is 11.9 Å². The monoisotopic (exact) mass is 286 g/mol. The van der Waals surface area contributed by atoms with E-state index in [-0.39, 0.29) is 11.3 Å². The molecule has 1 aromatic carbocycles.